The van der Waals surface area contributed by atoms with E-state index in [1.807, 2.05) is 18.3 Å². The second kappa shape index (κ2) is 10.4. The first-order valence-corrected chi connectivity index (χ1v) is 26.1. The summed E-state index contributed by atoms with van der Waals surface area (Å²) in [4.78, 5) is 3.10. The maximum Gasteiger partial charge on any atom is 0.0700 e. The van der Waals surface area contributed by atoms with Crippen LogP contribution in [0.15, 0.2) is 106 Å². The van der Waals surface area contributed by atoms with E-state index in [0.717, 1.165) is 143 Å². The smallest absolute Gasteiger partial charge is 0.0700 e. The molecule has 26 atom stereocenters. The molecule has 2 aromatic rings. The third-order valence-electron chi connectivity index (χ3n) is 25.0. The second-order valence-corrected chi connectivity index (χ2v) is 25.3. The van der Waals surface area contributed by atoms with E-state index in [2.05, 4.69) is 99.5 Å². The third-order valence-corrected chi connectivity index (χ3v) is 25.0. The molecule has 0 bridgehead atoms. The Bertz CT molecular complexity index is 2550. The summed E-state index contributed by atoms with van der Waals surface area (Å²) in [6.45, 7) is 3.11. The van der Waals surface area contributed by atoms with Crippen molar-refractivity contribution < 1.29 is 9.47 Å². The van der Waals surface area contributed by atoms with Crippen LogP contribution in [0.1, 0.15) is 68.2 Å². The highest BCUT2D eigenvalue weighted by atomic mass is 16.5. The van der Waals surface area contributed by atoms with Crippen molar-refractivity contribution in [3.8, 4) is 0 Å². The normalized spacial score (nSPS) is 58.6. The number of rotatable bonds is 8. The zero-order valence-corrected chi connectivity index (χ0v) is 35.8. The summed E-state index contributed by atoms with van der Waals surface area (Å²) in [5.74, 6) is 22.3. The van der Waals surface area contributed by atoms with Gasteiger partial charge in [0.25, 0.3) is 0 Å². The summed E-state index contributed by atoms with van der Waals surface area (Å²) < 4.78 is 12.0. The lowest BCUT2D eigenvalue weighted by molar-refractivity contribution is -0.117. The maximum absolute atomic E-state index is 6.53. The van der Waals surface area contributed by atoms with E-state index in [-0.39, 0.29) is 5.41 Å². The van der Waals surface area contributed by atoms with Crippen molar-refractivity contribution in [1.82, 2.24) is 4.90 Å². The number of benzene rings is 2. The largest absolute Gasteiger partial charge is 0.382 e. The standard InChI is InChI=1S/C58H61NO2/c1-60-14-15-61-13-12-59-56(24-8-4-2-5-9-24)54-33-22-31-20-28-18-29-17-26-16-27-19-30-21-32-23-58(54,57(59)25-10-6-3-7-11-25)55-40(32)45-39(30)44-35(27)34(26)42-38(29)43-36(28)37(31)46-41(33)53(55)52-50(45)48(44)47(42)49(43)51(46)52/h2-11,21,26-29,32,34-36,38-40,42-52,54,56-57H,12-20,22-23H2,1H3. The van der Waals surface area contributed by atoms with Gasteiger partial charge in [-0.05, 0) is 191 Å². The molecule has 11 saturated carbocycles. The van der Waals surface area contributed by atoms with Crippen LogP contribution < -0.4 is 0 Å². The van der Waals surface area contributed by atoms with Crippen LogP contribution in [-0.4, -0.2) is 38.4 Å². The molecule has 17 aliphatic rings. The zero-order valence-electron chi connectivity index (χ0n) is 35.8. The molecule has 1 spiro atoms. The van der Waals surface area contributed by atoms with Crippen LogP contribution in [0.4, 0.5) is 0 Å². The molecular weight excluding hydrogens is 743 g/mol. The van der Waals surface area contributed by atoms with Crippen LogP contribution in [0.25, 0.3) is 0 Å². The Balaban J connectivity index is 0.930. The van der Waals surface area contributed by atoms with Gasteiger partial charge < -0.3 is 9.47 Å². The van der Waals surface area contributed by atoms with E-state index < -0.39 is 0 Å². The SMILES string of the molecule is COCCOCCN1C(c2ccccc2)C2C3=C4C5=C6C7C(C=C8CC9CC%10CC%11CC%12CC(=C%13C4C4C5C5C7C8C7C9C%10C8C%11C(C%13%12)C4C8C57)C3)CC62C1c1ccccc1. The first-order valence-electron chi connectivity index (χ1n) is 26.1. The molecule has 2 aromatic carbocycles. The Morgan fingerprint density at radius 3 is 2.18 bits per heavy atom. The minimum Gasteiger partial charge on any atom is -0.382 e. The topological polar surface area (TPSA) is 21.7 Å². The molecular formula is C58H61NO2. The lowest BCUT2D eigenvalue weighted by atomic mass is 9.44. The molecule has 1 saturated heterocycles. The fraction of sp³-hybridized carbons (Fsp3) is 0.655. The molecule has 0 N–H and O–H groups in total. The maximum atomic E-state index is 6.53. The van der Waals surface area contributed by atoms with Crippen molar-refractivity contribution >= 4 is 0 Å². The first kappa shape index (κ1) is 32.9. The summed E-state index contributed by atoms with van der Waals surface area (Å²) in [6.07, 6.45) is 13.7. The summed E-state index contributed by atoms with van der Waals surface area (Å²) in [6, 6.07) is 25.1. The zero-order chi connectivity index (χ0) is 38.7. The summed E-state index contributed by atoms with van der Waals surface area (Å²) >= 11 is 0. The Labute approximate surface area is 361 Å². The molecule has 1 heterocycles. The molecule has 3 heteroatoms. The number of methoxy groups -OCH3 is 1. The molecule has 19 rings (SSSR count). The second-order valence-electron chi connectivity index (χ2n) is 25.3. The van der Waals surface area contributed by atoms with Gasteiger partial charge in [0.1, 0.15) is 0 Å². The molecule has 26 unspecified atom stereocenters. The molecule has 3 nitrogen and oxygen atoms in total. The van der Waals surface area contributed by atoms with E-state index in [4.69, 9.17) is 9.47 Å². The van der Waals surface area contributed by atoms with Crippen molar-refractivity contribution in [2.75, 3.05) is 33.5 Å². The van der Waals surface area contributed by atoms with E-state index in [0.29, 0.717) is 31.2 Å². The highest BCUT2D eigenvalue weighted by molar-refractivity contribution is 5.68. The van der Waals surface area contributed by atoms with Gasteiger partial charge >= 0.3 is 0 Å². The van der Waals surface area contributed by atoms with Crippen LogP contribution in [0, 0.1) is 142 Å². The number of ether oxygens (including phenoxy) is 2. The van der Waals surface area contributed by atoms with Crippen molar-refractivity contribution in [2.45, 2.75) is 57.0 Å². The predicted octanol–water partition coefficient (Wildman–Crippen LogP) is 10.4. The van der Waals surface area contributed by atoms with Crippen LogP contribution in [0.3, 0.4) is 0 Å². The Morgan fingerprint density at radius 2 is 1.33 bits per heavy atom. The fourth-order valence-electron chi connectivity index (χ4n) is 25.8. The van der Waals surface area contributed by atoms with Gasteiger partial charge in [0, 0.05) is 43.0 Å². The minimum atomic E-state index is 0.137. The van der Waals surface area contributed by atoms with Gasteiger partial charge in [0.05, 0.1) is 19.8 Å². The van der Waals surface area contributed by atoms with E-state index >= 15 is 0 Å². The Kier molecular flexibility index (Phi) is 5.59. The quantitative estimate of drug-likeness (QED) is 0.196. The summed E-state index contributed by atoms with van der Waals surface area (Å²) in [5, 5.41) is 0. The molecule has 12 fully saturated rings. The number of likely N-dealkylation sites (tertiary alicyclic amines) is 1. The molecule has 0 amide bonds. The van der Waals surface area contributed by atoms with Crippen LogP contribution >= 0.6 is 0 Å². The first-order chi connectivity index (χ1) is 30.3. The van der Waals surface area contributed by atoms with Gasteiger partial charge in [-0.25, -0.2) is 0 Å². The lowest BCUT2D eigenvalue weighted by Gasteiger charge is -2.60. The lowest BCUT2D eigenvalue weighted by Crippen LogP contribution is -2.56. The fourth-order valence-corrected chi connectivity index (χ4v) is 25.8. The number of hydrogen-bond donors (Lipinski definition) is 0. The van der Waals surface area contributed by atoms with Crippen LogP contribution in [0.5, 0.6) is 0 Å². The van der Waals surface area contributed by atoms with Crippen molar-refractivity contribution in [1.29, 1.82) is 0 Å². The van der Waals surface area contributed by atoms with Gasteiger partial charge in [0.15, 0.2) is 0 Å². The summed E-state index contributed by atoms with van der Waals surface area (Å²) in [7, 11) is 1.81. The molecule has 0 aromatic heterocycles. The number of nitrogens with zero attached hydrogens (tertiary/aromatic N) is 1. The van der Waals surface area contributed by atoms with Gasteiger partial charge in [-0.2, -0.15) is 0 Å². The highest BCUT2D eigenvalue weighted by Crippen LogP contribution is 2.92. The van der Waals surface area contributed by atoms with Gasteiger partial charge in [-0.3, -0.25) is 4.90 Å². The predicted molar refractivity (Wildman–Crippen MR) is 232 cm³/mol. The van der Waals surface area contributed by atoms with E-state index in [1.54, 1.807) is 30.4 Å². The van der Waals surface area contributed by atoms with E-state index in [9.17, 15) is 0 Å². The van der Waals surface area contributed by atoms with Gasteiger partial charge in [-0.15, -0.1) is 0 Å². The van der Waals surface area contributed by atoms with Gasteiger partial charge in [-0.1, -0.05) is 94.6 Å². The minimum absolute atomic E-state index is 0.137. The number of fused-ring (bicyclic) bond motifs is 1. The molecule has 310 valence electrons. The molecule has 0 radical (unpaired) electrons. The average Bonchev–Trinajstić information content (AvgIpc) is 4.14. The Hall–Kier alpha value is -2.72. The van der Waals surface area contributed by atoms with Crippen LogP contribution in [0.2, 0.25) is 0 Å². The average molecular weight is 804 g/mol. The Morgan fingerprint density at radius 1 is 0.623 bits per heavy atom. The molecule has 1 aliphatic heterocycles. The van der Waals surface area contributed by atoms with Gasteiger partial charge in [0.2, 0.25) is 0 Å². The highest BCUT2D eigenvalue weighted by Gasteiger charge is 2.86. The van der Waals surface area contributed by atoms with Crippen molar-refractivity contribution in [3.63, 3.8) is 0 Å². The van der Waals surface area contributed by atoms with Crippen LogP contribution in [-0.2, 0) is 9.47 Å². The van der Waals surface area contributed by atoms with Crippen molar-refractivity contribution in [2.24, 2.45) is 142 Å². The van der Waals surface area contributed by atoms with E-state index in [1.165, 1.54) is 25.7 Å². The summed E-state index contributed by atoms with van der Waals surface area (Å²) in [5.41, 5.74) is 17.9. The molecule has 16 aliphatic carbocycles. The number of allylic oxidation sites excluding steroid dienone is 6. The third kappa shape index (κ3) is 3.16. The van der Waals surface area contributed by atoms with Crippen molar-refractivity contribution in [3.05, 3.63) is 117 Å². The number of hydrogen-bond acceptors (Lipinski definition) is 3. The monoisotopic (exact) mass is 803 g/mol. The molecule has 61 heavy (non-hydrogen) atoms.